The van der Waals surface area contributed by atoms with E-state index < -0.39 is 0 Å². The van der Waals surface area contributed by atoms with E-state index in [4.69, 9.17) is 0 Å². The molecule has 0 aliphatic heterocycles. The van der Waals surface area contributed by atoms with Crippen molar-refractivity contribution in [3.05, 3.63) is 29.8 Å². The molecule has 2 heteroatoms. The fraction of sp³-hybridized carbons (Fsp3) is 0.538. The standard InChI is InChI=1S/C13H20BrN/c1-5-13(14)10(2)11-6-8-12(9-7-11)15(3)4/h6-10,13H,5H2,1-4H3. The lowest BCUT2D eigenvalue weighted by atomic mass is 9.96. The molecule has 2 atom stereocenters. The lowest BCUT2D eigenvalue weighted by Crippen LogP contribution is -2.10. The van der Waals surface area contributed by atoms with Gasteiger partial charge in [0.1, 0.15) is 0 Å². The van der Waals surface area contributed by atoms with Crippen LogP contribution in [0.3, 0.4) is 0 Å². The molecule has 0 saturated carbocycles. The minimum atomic E-state index is 0.572. The monoisotopic (exact) mass is 269 g/mol. The lowest BCUT2D eigenvalue weighted by Gasteiger charge is -2.19. The Morgan fingerprint density at radius 1 is 1.20 bits per heavy atom. The van der Waals surface area contributed by atoms with Crippen molar-refractivity contribution in [2.45, 2.75) is 31.0 Å². The van der Waals surface area contributed by atoms with Gasteiger partial charge in [0.15, 0.2) is 0 Å². The van der Waals surface area contributed by atoms with Gasteiger partial charge in [0.2, 0.25) is 0 Å². The van der Waals surface area contributed by atoms with E-state index in [2.05, 4.69) is 73.0 Å². The molecule has 2 unspecified atom stereocenters. The number of benzene rings is 1. The molecule has 1 rings (SSSR count). The van der Waals surface area contributed by atoms with E-state index in [1.165, 1.54) is 11.3 Å². The zero-order chi connectivity index (χ0) is 11.4. The molecule has 15 heavy (non-hydrogen) atoms. The first-order valence-corrected chi connectivity index (χ1v) is 6.39. The van der Waals surface area contributed by atoms with Gasteiger partial charge in [-0.25, -0.2) is 0 Å². The van der Waals surface area contributed by atoms with Gasteiger partial charge in [-0.1, -0.05) is 41.9 Å². The quantitative estimate of drug-likeness (QED) is 0.747. The number of hydrogen-bond donors (Lipinski definition) is 0. The molecule has 1 nitrogen and oxygen atoms in total. The second-order valence-electron chi connectivity index (χ2n) is 4.20. The molecule has 0 fully saturated rings. The summed E-state index contributed by atoms with van der Waals surface area (Å²) in [6.07, 6.45) is 1.16. The summed E-state index contributed by atoms with van der Waals surface area (Å²) in [4.78, 5) is 2.70. The average molecular weight is 270 g/mol. The van der Waals surface area contributed by atoms with Crippen LogP contribution in [0.2, 0.25) is 0 Å². The molecule has 1 aromatic carbocycles. The third-order valence-electron chi connectivity index (χ3n) is 2.87. The highest BCUT2D eigenvalue weighted by molar-refractivity contribution is 9.09. The van der Waals surface area contributed by atoms with E-state index in [1.54, 1.807) is 0 Å². The van der Waals surface area contributed by atoms with Crippen LogP contribution < -0.4 is 4.90 Å². The third-order valence-corrected chi connectivity index (χ3v) is 4.31. The Hall–Kier alpha value is -0.500. The molecule has 0 N–H and O–H groups in total. The largest absolute Gasteiger partial charge is 0.378 e. The molecule has 0 radical (unpaired) electrons. The minimum Gasteiger partial charge on any atom is -0.378 e. The highest BCUT2D eigenvalue weighted by Gasteiger charge is 2.13. The average Bonchev–Trinajstić information content (AvgIpc) is 2.27. The lowest BCUT2D eigenvalue weighted by molar-refractivity contribution is 0.694. The van der Waals surface area contributed by atoms with Crippen LogP contribution in [0, 0.1) is 0 Å². The second kappa shape index (κ2) is 5.55. The van der Waals surface area contributed by atoms with E-state index >= 15 is 0 Å². The summed E-state index contributed by atoms with van der Waals surface area (Å²) in [7, 11) is 4.13. The number of hydrogen-bond acceptors (Lipinski definition) is 1. The van der Waals surface area contributed by atoms with Crippen molar-refractivity contribution in [1.29, 1.82) is 0 Å². The molecule has 0 bridgehead atoms. The molecule has 0 saturated heterocycles. The molecule has 84 valence electrons. The van der Waals surface area contributed by atoms with Crippen LogP contribution in [0.1, 0.15) is 31.7 Å². The van der Waals surface area contributed by atoms with Gasteiger partial charge in [-0.2, -0.15) is 0 Å². The second-order valence-corrected chi connectivity index (χ2v) is 5.38. The molecule has 1 aromatic rings. The van der Waals surface area contributed by atoms with Crippen LogP contribution in [0.5, 0.6) is 0 Å². The van der Waals surface area contributed by atoms with Crippen molar-refractivity contribution in [2.24, 2.45) is 0 Å². The zero-order valence-corrected chi connectivity index (χ0v) is 11.6. The van der Waals surface area contributed by atoms with E-state index in [0.717, 1.165) is 6.42 Å². The summed E-state index contributed by atoms with van der Waals surface area (Å²) in [5.41, 5.74) is 2.66. The molecular formula is C13H20BrN. The van der Waals surface area contributed by atoms with E-state index in [0.29, 0.717) is 10.7 Å². The highest BCUT2D eigenvalue weighted by atomic mass is 79.9. The van der Waals surface area contributed by atoms with Crippen LogP contribution in [-0.2, 0) is 0 Å². The van der Waals surface area contributed by atoms with Gasteiger partial charge in [0, 0.05) is 24.6 Å². The summed E-state index contributed by atoms with van der Waals surface area (Å²) in [5, 5.41) is 0. The van der Waals surface area contributed by atoms with Gasteiger partial charge in [-0.15, -0.1) is 0 Å². The molecule has 0 aliphatic rings. The van der Waals surface area contributed by atoms with Crippen molar-refractivity contribution in [3.63, 3.8) is 0 Å². The number of halogens is 1. The van der Waals surface area contributed by atoms with Gasteiger partial charge in [0.25, 0.3) is 0 Å². The minimum absolute atomic E-state index is 0.572. The SMILES string of the molecule is CCC(Br)C(C)c1ccc(N(C)C)cc1. The van der Waals surface area contributed by atoms with Crippen LogP contribution in [0.15, 0.2) is 24.3 Å². The molecule has 0 spiro atoms. The maximum Gasteiger partial charge on any atom is 0.0361 e. The Bertz CT molecular complexity index is 292. The van der Waals surface area contributed by atoms with Crippen LogP contribution in [0.4, 0.5) is 5.69 Å². The van der Waals surface area contributed by atoms with Crippen molar-refractivity contribution < 1.29 is 0 Å². The van der Waals surface area contributed by atoms with Gasteiger partial charge in [-0.05, 0) is 30.0 Å². The van der Waals surface area contributed by atoms with Gasteiger partial charge in [-0.3, -0.25) is 0 Å². The molecule has 0 amide bonds. The third kappa shape index (κ3) is 3.23. The van der Waals surface area contributed by atoms with Gasteiger partial charge < -0.3 is 4.90 Å². The van der Waals surface area contributed by atoms with Crippen molar-refractivity contribution in [2.75, 3.05) is 19.0 Å². The predicted molar refractivity (Wildman–Crippen MR) is 72.2 cm³/mol. The first-order valence-electron chi connectivity index (χ1n) is 5.47. The molecular weight excluding hydrogens is 250 g/mol. The summed E-state index contributed by atoms with van der Waals surface area (Å²) >= 11 is 3.72. The van der Waals surface area contributed by atoms with E-state index in [1.807, 2.05) is 0 Å². The summed E-state index contributed by atoms with van der Waals surface area (Å²) in [6, 6.07) is 8.82. The first-order chi connectivity index (χ1) is 7.06. The van der Waals surface area contributed by atoms with E-state index in [-0.39, 0.29) is 0 Å². The molecule has 0 aliphatic carbocycles. The van der Waals surface area contributed by atoms with Crippen LogP contribution >= 0.6 is 15.9 Å². The normalized spacial score (nSPS) is 14.7. The summed E-state index contributed by atoms with van der Waals surface area (Å²) in [6.45, 7) is 4.48. The zero-order valence-electron chi connectivity index (χ0n) is 10.00. The fourth-order valence-corrected chi connectivity index (χ4v) is 1.94. The van der Waals surface area contributed by atoms with Gasteiger partial charge >= 0.3 is 0 Å². The maximum absolute atomic E-state index is 3.72. The van der Waals surface area contributed by atoms with Crippen LogP contribution in [-0.4, -0.2) is 18.9 Å². The Kier molecular flexibility index (Phi) is 4.65. The molecule has 0 aromatic heterocycles. The topological polar surface area (TPSA) is 3.24 Å². The number of nitrogens with zero attached hydrogens (tertiary/aromatic N) is 1. The van der Waals surface area contributed by atoms with Crippen LogP contribution in [0.25, 0.3) is 0 Å². The smallest absolute Gasteiger partial charge is 0.0361 e. The van der Waals surface area contributed by atoms with Gasteiger partial charge in [0.05, 0.1) is 0 Å². The summed E-state index contributed by atoms with van der Waals surface area (Å²) in [5.74, 6) is 0.575. The highest BCUT2D eigenvalue weighted by Crippen LogP contribution is 2.27. The molecule has 0 heterocycles. The Balaban J connectivity index is 2.79. The summed E-state index contributed by atoms with van der Waals surface area (Å²) < 4.78 is 0. The fourth-order valence-electron chi connectivity index (χ4n) is 1.64. The number of rotatable bonds is 4. The van der Waals surface area contributed by atoms with E-state index in [9.17, 15) is 0 Å². The first kappa shape index (κ1) is 12.6. The number of alkyl halides is 1. The Labute approximate surface area is 102 Å². The van der Waals surface area contributed by atoms with Crippen molar-refractivity contribution >= 4 is 21.6 Å². The maximum atomic E-state index is 3.72. The number of anilines is 1. The van der Waals surface area contributed by atoms with Crippen molar-refractivity contribution in [3.8, 4) is 0 Å². The van der Waals surface area contributed by atoms with Crippen molar-refractivity contribution in [1.82, 2.24) is 0 Å². The predicted octanol–water partition coefficient (Wildman–Crippen LogP) is 4.03. The Morgan fingerprint density at radius 2 is 1.73 bits per heavy atom. The Morgan fingerprint density at radius 3 is 2.13 bits per heavy atom.